The van der Waals surface area contributed by atoms with Crippen LogP contribution in [0.2, 0.25) is 0 Å². The third-order valence-corrected chi connectivity index (χ3v) is 6.81. The molecule has 35 heavy (non-hydrogen) atoms. The van der Waals surface area contributed by atoms with E-state index in [0.29, 0.717) is 54.8 Å². The van der Waals surface area contributed by atoms with Gasteiger partial charge in [-0.25, -0.2) is 4.99 Å². The highest BCUT2D eigenvalue weighted by molar-refractivity contribution is 9.11. The smallest absolute Gasteiger partial charge is 0.228 e. The van der Waals surface area contributed by atoms with Gasteiger partial charge in [0.05, 0.1) is 5.52 Å². The number of guanidine groups is 1. The van der Waals surface area contributed by atoms with Gasteiger partial charge in [-0.2, -0.15) is 4.99 Å². The highest BCUT2D eigenvalue weighted by Gasteiger charge is 2.28. The first kappa shape index (κ1) is 24.8. The second-order valence-corrected chi connectivity index (χ2v) is 9.54. The van der Waals surface area contributed by atoms with Crippen molar-refractivity contribution in [3.05, 3.63) is 52.4 Å². The van der Waals surface area contributed by atoms with Gasteiger partial charge < -0.3 is 20.4 Å². The zero-order chi connectivity index (χ0) is 24.9. The summed E-state index contributed by atoms with van der Waals surface area (Å²) >= 11 is 3.61. The van der Waals surface area contributed by atoms with Crippen molar-refractivity contribution in [1.29, 1.82) is 5.41 Å². The van der Waals surface area contributed by atoms with Crippen molar-refractivity contribution in [2.75, 3.05) is 26.2 Å². The van der Waals surface area contributed by atoms with E-state index in [9.17, 15) is 4.79 Å². The number of para-hydroxylation sites is 1. The monoisotopic (exact) mass is 538 g/mol. The molecule has 0 aliphatic carbocycles. The van der Waals surface area contributed by atoms with Gasteiger partial charge in [0.2, 0.25) is 11.9 Å². The van der Waals surface area contributed by atoms with Crippen LogP contribution in [-0.2, 0) is 11.3 Å². The number of benzene rings is 1. The maximum Gasteiger partial charge on any atom is 0.228 e. The molecule has 1 unspecified atom stereocenters. The van der Waals surface area contributed by atoms with E-state index in [1.54, 1.807) is 6.92 Å². The summed E-state index contributed by atoms with van der Waals surface area (Å²) in [5, 5.41) is 16.6. The molecule has 1 aromatic heterocycles. The molecule has 0 radical (unpaired) electrons. The minimum absolute atomic E-state index is 0.0768. The van der Waals surface area contributed by atoms with Crippen molar-refractivity contribution in [2.45, 2.75) is 39.8 Å². The number of rotatable bonds is 5. The van der Waals surface area contributed by atoms with Gasteiger partial charge in [-0.3, -0.25) is 15.2 Å². The molecule has 184 valence electrons. The van der Waals surface area contributed by atoms with E-state index in [-0.39, 0.29) is 17.7 Å². The quantitative estimate of drug-likeness (QED) is 0.506. The fourth-order valence-corrected chi connectivity index (χ4v) is 4.56. The second kappa shape index (κ2) is 11.0. The van der Waals surface area contributed by atoms with Crippen molar-refractivity contribution in [3.63, 3.8) is 0 Å². The molecule has 2 aliphatic heterocycles. The average molecular weight is 539 g/mol. The standard InChI is InChI=1S/C25H31BrN8O/c1-4-16(2)30-23(26)22-21(27)24(29-15-18-13-19-7-5-6-8-20(19)28-14-18)32-25(31-22)34-11-9-33(10-12-34)17(3)35/h5-8,13-14,16,27,30H,4,9-12,15H2,1-3H3,(H,29,31,32)/b23-22+,27-21?. The Morgan fingerprint density at radius 1 is 1.20 bits per heavy atom. The summed E-state index contributed by atoms with van der Waals surface area (Å²) in [6, 6.07) is 10.3. The molecule has 2 aliphatic rings. The number of hydrogen-bond donors (Lipinski definition) is 3. The lowest BCUT2D eigenvalue weighted by Gasteiger charge is -2.35. The van der Waals surface area contributed by atoms with E-state index < -0.39 is 0 Å². The van der Waals surface area contributed by atoms with E-state index >= 15 is 0 Å². The van der Waals surface area contributed by atoms with Gasteiger partial charge in [0.15, 0.2) is 5.84 Å². The summed E-state index contributed by atoms with van der Waals surface area (Å²) in [5.74, 6) is 1.07. The predicted octanol–water partition coefficient (Wildman–Crippen LogP) is 3.23. The summed E-state index contributed by atoms with van der Waals surface area (Å²) in [4.78, 5) is 29.6. The van der Waals surface area contributed by atoms with Crippen molar-refractivity contribution in [3.8, 4) is 0 Å². The van der Waals surface area contributed by atoms with Crippen molar-refractivity contribution in [1.82, 2.24) is 25.4 Å². The first-order chi connectivity index (χ1) is 16.9. The third kappa shape index (κ3) is 5.87. The van der Waals surface area contributed by atoms with Crippen LogP contribution < -0.4 is 10.6 Å². The molecule has 9 nitrogen and oxygen atoms in total. The molecule has 1 aromatic carbocycles. The molecule has 4 rings (SSSR count). The van der Waals surface area contributed by atoms with E-state index in [4.69, 9.17) is 15.4 Å². The van der Waals surface area contributed by atoms with Gasteiger partial charge in [-0.05, 0) is 47.0 Å². The zero-order valence-corrected chi connectivity index (χ0v) is 21.9. The lowest BCUT2D eigenvalue weighted by molar-refractivity contribution is -0.130. The van der Waals surface area contributed by atoms with Crippen LogP contribution in [0.4, 0.5) is 0 Å². The number of aromatic nitrogens is 1. The van der Waals surface area contributed by atoms with Gasteiger partial charge in [0.1, 0.15) is 16.0 Å². The maximum absolute atomic E-state index is 11.7. The molecule has 0 bridgehead atoms. The van der Waals surface area contributed by atoms with Crippen molar-refractivity contribution >= 4 is 50.2 Å². The Bertz CT molecular complexity index is 1210. The Labute approximate surface area is 214 Å². The SMILES string of the molecule is CCC(C)N/C(Br)=C1/N=C(N2CCN(C(C)=O)CC2)N=C(NCc2cnc3ccccc3c2)C1=N. The van der Waals surface area contributed by atoms with E-state index in [1.165, 1.54) is 0 Å². The molecule has 1 fully saturated rings. The number of pyridine rings is 1. The number of carbonyl (C=O) groups is 1. The number of carbonyl (C=O) groups excluding carboxylic acids is 1. The van der Waals surface area contributed by atoms with Crippen molar-refractivity contribution in [2.24, 2.45) is 9.98 Å². The molecular weight excluding hydrogens is 508 g/mol. The van der Waals surface area contributed by atoms with Gasteiger partial charge in [0.25, 0.3) is 0 Å². The fourth-order valence-electron chi connectivity index (χ4n) is 3.88. The van der Waals surface area contributed by atoms with Gasteiger partial charge in [0, 0.05) is 57.3 Å². The normalized spacial score (nSPS) is 18.7. The summed E-state index contributed by atoms with van der Waals surface area (Å²) in [5.41, 5.74) is 2.67. The molecule has 2 aromatic rings. The Kier molecular flexibility index (Phi) is 7.80. The van der Waals surface area contributed by atoms with Crippen LogP contribution in [0.15, 0.2) is 56.8 Å². The van der Waals surface area contributed by atoms with Crippen LogP contribution in [0.25, 0.3) is 10.9 Å². The molecule has 1 atom stereocenters. The molecule has 3 heterocycles. The lowest BCUT2D eigenvalue weighted by Crippen LogP contribution is -2.51. The first-order valence-electron chi connectivity index (χ1n) is 11.9. The molecule has 10 heteroatoms. The zero-order valence-electron chi connectivity index (χ0n) is 20.3. The summed E-state index contributed by atoms with van der Waals surface area (Å²) < 4.78 is 0.665. The minimum atomic E-state index is 0.0768. The minimum Gasteiger partial charge on any atom is -0.375 e. The largest absolute Gasteiger partial charge is 0.375 e. The Morgan fingerprint density at radius 3 is 2.66 bits per heavy atom. The molecule has 1 saturated heterocycles. The maximum atomic E-state index is 11.7. The lowest BCUT2D eigenvalue weighted by atomic mass is 10.1. The number of amides is 1. The van der Waals surface area contributed by atoms with E-state index in [1.807, 2.05) is 35.4 Å². The number of halogens is 1. The van der Waals surface area contributed by atoms with Crippen molar-refractivity contribution < 1.29 is 4.79 Å². The Balaban J connectivity index is 1.58. The van der Waals surface area contributed by atoms with Crippen LogP contribution in [0, 0.1) is 5.41 Å². The second-order valence-electron chi connectivity index (χ2n) is 8.75. The Morgan fingerprint density at radius 2 is 1.94 bits per heavy atom. The van der Waals surface area contributed by atoms with Gasteiger partial charge in [-0.1, -0.05) is 25.1 Å². The van der Waals surface area contributed by atoms with Gasteiger partial charge >= 0.3 is 0 Å². The first-order valence-corrected chi connectivity index (χ1v) is 12.7. The molecule has 3 N–H and O–H groups in total. The third-order valence-electron chi connectivity index (χ3n) is 6.21. The number of nitrogens with one attached hydrogen (secondary N) is 3. The van der Waals surface area contributed by atoms with Gasteiger partial charge in [-0.15, -0.1) is 0 Å². The Hall–Kier alpha value is -3.27. The van der Waals surface area contributed by atoms with Crippen LogP contribution in [0.1, 0.15) is 32.8 Å². The average Bonchev–Trinajstić information content (AvgIpc) is 2.87. The van der Waals surface area contributed by atoms with Crippen LogP contribution in [0.5, 0.6) is 0 Å². The molecule has 0 saturated carbocycles. The molecule has 1 amide bonds. The van der Waals surface area contributed by atoms with Crippen LogP contribution in [-0.4, -0.2) is 70.4 Å². The summed E-state index contributed by atoms with van der Waals surface area (Å²) in [6.45, 7) is 8.78. The number of piperazine rings is 1. The topological polar surface area (TPSA) is 109 Å². The summed E-state index contributed by atoms with van der Waals surface area (Å²) in [6.07, 6.45) is 2.78. The number of fused-ring (bicyclic) bond motifs is 1. The molecular formula is C25H31BrN8O. The van der Waals surface area contributed by atoms with E-state index in [0.717, 1.165) is 22.9 Å². The number of nitrogens with zero attached hydrogens (tertiary/aromatic N) is 5. The number of amidine groups is 1. The number of hydrogen-bond acceptors (Lipinski definition) is 8. The van der Waals surface area contributed by atoms with Crippen LogP contribution >= 0.6 is 15.9 Å². The number of aliphatic imine (C=N–C) groups is 2. The highest BCUT2D eigenvalue weighted by Crippen LogP contribution is 2.20. The summed E-state index contributed by atoms with van der Waals surface area (Å²) in [7, 11) is 0. The van der Waals surface area contributed by atoms with Crippen LogP contribution in [0.3, 0.4) is 0 Å². The molecule has 0 spiro atoms. The fraction of sp³-hybridized carbons (Fsp3) is 0.400. The predicted molar refractivity (Wildman–Crippen MR) is 144 cm³/mol. The highest BCUT2D eigenvalue weighted by atomic mass is 79.9. The van der Waals surface area contributed by atoms with E-state index in [2.05, 4.69) is 56.4 Å².